The van der Waals surface area contributed by atoms with Crippen LogP contribution in [0.5, 0.6) is 5.88 Å². The van der Waals surface area contributed by atoms with E-state index in [2.05, 4.69) is 15.5 Å². The van der Waals surface area contributed by atoms with Crippen molar-refractivity contribution in [3.8, 4) is 5.88 Å². The molecule has 3 N–H and O–H groups in total. The molecule has 1 atom stereocenters. The van der Waals surface area contributed by atoms with Crippen molar-refractivity contribution in [3.05, 3.63) is 20.8 Å². The van der Waals surface area contributed by atoms with Gasteiger partial charge in [-0.3, -0.25) is 9.78 Å². The predicted octanol–water partition coefficient (Wildman–Crippen LogP) is -1.56. The van der Waals surface area contributed by atoms with Crippen molar-refractivity contribution in [2.45, 2.75) is 13.0 Å². The summed E-state index contributed by atoms with van der Waals surface area (Å²) in [6, 6.07) is 0. The van der Waals surface area contributed by atoms with E-state index in [-0.39, 0.29) is 12.0 Å². The molecule has 7 heteroatoms. The number of nitrogens with one attached hydrogen (secondary N) is 3. The van der Waals surface area contributed by atoms with Gasteiger partial charge in [-0.05, 0) is 14.0 Å². The molecule has 1 aromatic rings. The Hall–Kier alpha value is -1.63. The second kappa shape index (κ2) is 4.56. The first-order chi connectivity index (χ1) is 6.63. The lowest BCUT2D eigenvalue weighted by Gasteiger charge is -2.11. The Bertz CT molecular complexity index is 396. The highest BCUT2D eigenvalue weighted by Gasteiger charge is 2.07. The number of H-pyrrole nitrogens is 2. The summed E-state index contributed by atoms with van der Waals surface area (Å²) in [4.78, 5) is 23.7. The van der Waals surface area contributed by atoms with E-state index in [0.29, 0.717) is 6.54 Å². The lowest BCUT2D eigenvalue weighted by atomic mass is 10.4. The molecule has 0 bridgehead atoms. The Kier molecular flexibility index (Phi) is 3.41. The Balaban J connectivity index is 2.77. The number of ether oxygens (including phenoxy) is 1. The number of nitrogens with zero attached hydrogens (tertiary/aromatic N) is 1. The maximum absolute atomic E-state index is 11.1. The third kappa shape index (κ3) is 2.70. The van der Waals surface area contributed by atoms with E-state index < -0.39 is 11.2 Å². The molecule has 0 amide bonds. The van der Waals surface area contributed by atoms with Gasteiger partial charge >= 0.3 is 11.2 Å². The molecule has 1 unspecified atom stereocenters. The summed E-state index contributed by atoms with van der Waals surface area (Å²) >= 11 is 0. The Morgan fingerprint density at radius 2 is 2.29 bits per heavy atom. The fraction of sp³-hybridized carbons (Fsp3) is 0.571. The predicted molar refractivity (Wildman–Crippen MR) is 49.5 cm³/mol. The first-order valence-corrected chi connectivity index (χ1v) is 4.13. The van der Waals surface area contributed by atoms with Gasteiger partial charge in [0.2, 0.25) is 0 Å². The Morgan fingerprint density at radius 1 is 1.57 bits per heavy atom. The topological polar surface area (TPSA) is 99.9 Å². The van der Waals surface area contributed by atoms with Gasteiger partial charge in [-0.2, -0.15) is 0 Å². The van der Waals surface area contributed by atoms with Crippen LogP contribution in [0.3, 0.4) is 0 Å². The quantitative estimate of drug-likeness (QED) is 0.546. The molecule has 1 aromatic heterocycles. The van der Waals surface area contributed by atoms with Gasteiger partial charge in [0.15, 0.2) is 0 Å². The lowest BCUT2D eigenvalue weighted by Crippen LogP contribution is -2.31. The summed E-state index contributed by atoms with van der Waals surface area (Å²) in [5, 5.41) is 8.43. The number of likely N-dealkylation sites (N-methyl/N-ethyl adjacent to an activating group) is 1. The van der Waals surface area contributed by atoms with Crippen LogP contribution in [0.2, 0.25) is 0 Å². The molecule has 14 heavy (non-hydrogen) atoms. The minimum absolute atomic E-state index is 0.132. The summed E-state index contributed by atoms with van der Waals surface area (Å²) in [5.74, 6) is -0.132. The van der Waals surface area contributed by atoms with Crippen molar-refractivity contribution in [3.63, 3.8) is 0 Å². The fourth-order valence-corrected chi connectivity index (χ4v) is 0.936. The third-order valence-corrected chi connectivity index (χ3v) is 1.48. The average molecular weight is 200 g/mol. The smallest absolute Gasteiger partial charge is 0.342 e. The molecule has 0 saturated heterocycles. The van der Waals surface area contributed by atoms with Crippen LogP contribution in [-0.2, 0) is 0 Å². The van der Waals surface area contributed by atoms with Gasteiger partial charge in [0, 0.05) is 6.54 Å². The van der Waals surface area contributed by atoms with Gasteiger partial charge in [0.05, 0.1) is 0 Å². The molecule has 0 aliphatic rings. The van der Waals surface area contributed by atoms with Gasteiger partial charge < -0.3 is 10.1 Å². The fourth-order valence-electron chi connectivity index (χ4n) is 0.936. The molecule has 78 valence electrons. The highest BCUT2D eigenvalue weighted by Crippen LogP contribution is 1.95. The number of hydrogen-bond acceptors (Lipinski definition) is 5. The monoisotopic (exact) mass is 200 g/mol. The van der Waals surface area contributed by atoms with Gasteiger partial charge in [0.25, 0.3) is 5.88 Å². The number of rotatable bonds is 4. The number of aromatic amines is 2. The Labute approximate surface area is 79.5 Å². The van der Waals surface area contributed by atoms with Crippen molar-refractivity contribution < 1.29 is 4.74 Å². The zero-order valence-corrected chi connectivity index (χ0v) is 7.96. The average Bonchev–Trinajstić information content (AvgIpc) is 2.10. The number of aromatic nitrogens is 3. The zero-order valence-electron chi connectivity index (χ0n) is 7.96. The standard InChI is InChI=1S/C7H12N4O3/c1-4(3-8-2)14-6-5(12)9-7(13)11-10-6/h4,8H,3H2,1-2H3,(H2,9,11,12,13). The van der Waals surface area contributed by atoms with E-state index >= 15 is 0 Å². The SMILES string of the molecule is CNCC(C)Oc1n[nH]c(=O)[nH]c1=O. The van der Waals surface area contributed by atoms with E-state index in [1.54, 1.807) is 14.0 Å². The molecule has 0 aromatic carbocycles. The first-order valence-electron chi connectivity index (χ1n) is 4.13. The molecular formula is C7H12N4O3. The van der Waals surface area contributed by atoms with Crippen molar-refractivity contribution in [1.29, 1.82) is 0 Å². The Morgan fingerprint density at radius 3 is 2.86 bits per heavy atom. The molecule has 0 saturated carbocycles. The van der Waals surface area contributed by atoms with Crippen LogP contribution in [0.4, 0.5) is 0 Å². The van der Waals surface area contributed by atoms with Gasteiger partial charge in [-0.1, -0.05) is 0 Å². The molecular weight excluding hydrogens is 188 g/mol. The molecule has 0 aliphatic carbocycles. The van der Waals surface area contributed by atoms with Crippen LogP contribution in [0.25, 0.3) is 0 Å². The van der Waals surface area contributed by atoms with Crippen molar-refractivity contribution in [1.82, 2.24) is 20.5 Å². The van der Waals surface area contributed by atoms with Crippen LogP contribution < -0.4 is 21.3 Å². The minimum Gasteiger partial charge on any atom is -0.468 e. The molecule has 0 radical (unpaired) electrons. The van der Waals surface area contributed by atoms with E-state index in [1.807, 2.05) is 4.98 Å². The summed E-state index contributed by atoms with van der Waals surface area (Å²) < 4.78 is 5.15. The first kappa shape index (κ1) is 10.5. The second-order valence-corrected chi connectivity index (χ2v) is 2.80. The van der Waals surface area contributed by atoms with Crippen LogP contribution in [-0.4, -0.2) is 34.9 Å². The summed E-state index contributed by atoms with van der Waals surface area (Å²) in [7, 11) is 1.77. The number of hydrogen-bond donors (Lipinski definition) is 3. The highest BCUT2D eigenvalue weighted by molar-refractivity contribution is 4.99. The largest absolute Gasteiger partial charge is 0.468 e. The maximum atomic E-state index is 11.1. The van der Waals surface area contributed by atoms with Crippen LogP contribution >= 0.6 is 0 Å². The van der Waals surface area contributed by atoms with Crippen molar-refractivity contribution in [2.24, 2.45) is 0 Å². The third-order valence-electron chi connectivity index (χ3n) is 1.48. The summed E-state index contributed by atoms with van der Waals surface area (Å²) in [6.07, 6.45) is -0.195. The van der Waals surface area contributed by atoms with Crippen LogP contribution in [0.15, 0.2) is 9.59 Å². The minimum atomic E-state index is -0.649. The molecule has 0 aliphatic heterocycles. The van der Waals surface area contributed by atoms with Crippen molar-refractivity contribution in [2.75, 3.05) is 13.6 Å². The van der Waals surface area contributed by atoms with E-state index in [4.69, 9.17) is 4.74 Å². The molecule has 7 nitrogen and oxygen atoms in total. The molecule has 1 heterocycles. The van der Waals surface area contributed by atoms with E-state index in [1.165, 1.54) is 0 Å². The summed E-state index contributed by atoms with van der Waals surface area (Å²) in [5.41, 5.74) is -1.28. The van der Waals surface area contributed by atoms with Gasteiger partial charge in [0.1, 0.15) is 6.10 Å². The summed E-state index contributed by atoms with van der Waals surface area (Å²) in [6.45, 7) is 2.36. The van der Waals surface area contributed by atoms with Crippen LogP contribution in [0.1, 0.15) is 6.92 Å². The van der Waals surface area contributed by atoms with Crippen molar-refractivity contribution >= 4 is 0 Å². The van der Waals surface area contributed by atoms with Gasteiger partial charge in [-0.15, -0.1) is 5.10 Å². The molecule has 1 rings (SSSR count). The zero-order chi connectivity index (χ0) is 10.6. The molecule has 0 spiro atoms. The van der Waals surface area contributed by atoms with E-state index in [9.17, 15) is 9.59 Å². The lowest BCUT2D eigenvalue weighted by molar-refractivity contribution is 0.205. The maximum Gasteiger partial charge on any atom is 0.342 e. The highest BCUT2D eigenvalue weighted by atomic mass is 16.5. The molecule has 0 fully saturated rings. The normalized spacial score (nSPS) is 12.4. The van der Waals surface area contributed by atoms with E-state index in [0.717, 1.165) is 0 Å². The van der Waals surface area contributed by atoms with Gasteiger partial charge in [-0.25, -0.2) is 9.89 Å². The van der Waals surface area contributed by atoms with Crippen LogP contribution in [0, 0.1) is 0 Å². The second-order valence-electron chi connectivity index (χ2n) is 2.80.